The van der Waals surface area contributed by atoms with Crippen LogP contribution in [0.3, 0.4) is 0 Å². The Labute approximate surface area is 210 Å². The van der Waals surface area contributed by atoms with Crippen LogP contribution in [-0.2, 0) is 14.4 Å². The highest BCUT2D eigenvalue weighted by Crippen LogP contribution is 2.45. The molecule has 1 saturated carbocycles. The average molecular weight is 512 g/mol. The summed E-state index contributed by atoms with van der Waals surface area (Å²) >= 11 is 0. The van der Waals surface area contributed by atoms with Gasteiger partial charge in [0.05, 0.1) is 12.6 Å². The molecule has 2 saturated heterocycles. The predicted molar refractivity (Wildman–Crippen MR) is 126 cm³/mol. The number of carbonyl (C=O) groups excluding carboxylic acids is 2. The molecular formula is C23H37N5O8. The van der Waals surface area contributed by atoms with Crippen molar-refractivity contribution in [2.75, 3.05) is 40.3 Å². The summed E-state index contributed by atoms with van der Waals surface area (Å²) in [5.41, 5.74) is -0.0138. The molecule has 36 heavy (non-hydrogen) atoms. The first kappa shape index (κ1) is 29.3. The van der Waals surface area contributed by atoms with Crippen LogP contribution < -0.4 is 5.32 Å². The molecule has 13 heteroatoms. The van der Waals surface area contributed by atoms with Crippen molar-refractivity contribution in [3.8, 4) is 6.07 Å². The monoisotopic (exact) mass is 511 g/mol. The summed E-state index contributed by atoms with van der Waals surface area (Å²) in [7, 11) is 3.60. The van der Waals surface area contributed by atoms with Gasteiger partial charge in [-0.15, -0.1) is 0 Å². The molecule has 3 fully saturated rings. The maximum Gasteiger partial charge on any atom is 0.335 e. The summed E-state index contributed by atoms with van der Waals surface area (Å²) in [5, 5.41) is 45.3. The van der Waals surface area contributed by atoms with Crippen molar-refractivity contribution in [3.05, 3.63) is 0 Å². The Hall–Kier alpha value is -2.95. The predicted octanol–water partition coefficient (Wildman–Crippen LogP) is -0.860. The fourth-order valence-corrected chi connectivity index (χ4v) is 5.32. The number of hydrogen-bond acceptors (Lipinski definition) is 8. The van der Waals surface area contributed by atoms with E-state index in [-0.39, 0.29) is 23.5 Å². The molecule has 2 heterocycles. The highest BCUT2D eigenvalue weighted by molar-refractivity contribution is 5.83. The first-order valence-electron chi connectivity index (χ1n) is 12.1. The molecule has 13 nitrogen and oxygen atoms in total. The third-order valence-corrected chi connectivity index (χ3v) is 7.35. The Balaban J connectivity index is 0.000000388. The summed E-state index contributed by atoms with van der Waals surface area (Å²) in [6, 6.07) is 2.08. The molecule has 5 N–H and O–H groups in total. The molecule has 5 atom stereocenters. The second kappa shape index (κ2) is 12.3. The normalized spacial score (nSPS) is 28.4. The van der Waals surface area contributed by atoms with Crippen LogP contribution in [0.4, 0.5) is 4.79 Å². The van der Waals surface area contributed by atoms with E-state index < -0.39 is 24.1 Å². The fraction of sp³-hybridized carbons (Fsp3) is 0.783. The van der Waals surface area contributed by atoms with E-state index in [1.54, 1.807) is 23.9 Å². The Morgan fingerprint density at radius 2 is 1.61 bits per heavy atom. The van der Waals surface area contributed by atoms with Gasteiger partial charge in [0.15, 0.2) is 12.2 Å². The molecule has 202 valence electrons. The molecule has 0 aromatic rings. The lowest BCUT2D eigenvalue weighted by Crippen LogP contribution is -2.50. The number of likely N-dealkylation sites (tertiary alicyclic amines) is 2. The zero-order valence-electron chi connectivity index (χ0n) is 21.0. The summed E-state index contributed by atoms with van der Waals surface area (Å²) in [4.78, 5) is 49.6. The molecule has 0 aromatic carbocycles. The standard InChI is InChI=1S/C19H31N5O2.C4H6O6/c1-4-19(21-11-17(25)24-7-5-6-16(24)10-20)8-14-12-23(13-15(14)9-19)18(26)22(2)3;5-1(3(7)8)2(6)4(9)10/h14-16,21H,4-9,11-13H2,1-3H3;1-2,5-6H,(H,7,8)(H,9,10). The molecule has 5 unspecified atom stereocenters. The lowest BCUT2D eigenvalue weighted by atomic mass is 9.92. The Kier molecular flexibility index (Phi) is 10.0. The quantitative estimate of drug-likeness (QED) is 0.287. The van der Waals surface area contributed by atoms with E-state index in [1.807, 2.05) is 4.90 Å². The molecule has 3 rings (SSSR count). The Bertz CT molecular complexity index is 843. The van der Waals surface area contributed by atoms with E-state index in [1.165, 1.54) is 0 Å². The van der Waals surface area contributed by atoms with Crippen LogP contribution in [0.2, 0.25) is 0 Å². The average Bonchev–Trinajstić information content (AvgIpc) is 3.55. The number of carbonyl (C=O) groups is 4. The molecule has 2 aliphatic heterocycles. The van der Waals surface area contributed by atoms with Crippen molar-refractivity contribution in [2.24, 2.45) is 11.8 Å². The van der Waals surface area contributed by atoms with E-state index in [2.05, 4.69) is 18.3 Å². The number of rotatable bonds is 7. The topological polar surface area (TPSA) is 195 Å². The van der Waals surface area contributed by atoms with Crippen LogP contribution >= 0.6 is 0 Å². The van der Waals surface area contributed by atoms with Crippen LogP contribution in [0.5, 0.6) is 0 Å². The number of nitrogens with one attached hydrogen (secondary N) is 1. The molecule has 0 bridgehead atoms. The SMILES string of the molecule is CCC1(NCC(=O)N2CCCC2C#N)CC2CN(C(=O)N(C)C)CC2C1.O=C(O)C(O)C(O)C(=O)O. The van der Waals surface area contributed by atoms with E-state index in [9.17, 15) is 24.4 Å². The van der Waals surface area contributed by atoms with Gasteiger partial charge in [-0.25, -0.2) is 14.4 Å². The maximum absolute atomic E-state index is 12.5. The number of aliphatic hydroxyl groups excluding tert-OH is 2. The first-order chi connectivity index (χ1) is 16.9. The number of carboxylic acids is 2. The number of amides is 3. The van der Waals surface area contributed by atoms with Crippen LogP contribution in [-0.4, -0.2) is 123 Å². The van der Waals surface area contributed by atoms with Gasteiger partial charge in [0.25, 0.3) is 0 Å². The number of aliphatic carboxylic acids is 2. The molecule has 0 radical (unpaired) electrons. The summed E-state index contributed by atoms with van der Waals surface area (Å²) in [6.45, 7) is 4.83. The minimum Gasteiger partial charge on any atom is -0.479 e. The number of carboxylic acid groups (broad SMARTS) is 2. The minimum atomic E-state index is -2.27. The Morgan fingerprint density at radius 1 is 1.08 bits per heavy atom. The Morgan fingerprint density at radius 3 is 2.03 bits per heavy atom. The van der Waals surface area contributed by atoms with E-state index in [0.717, 1.165) is 45.2 Å². The van der Waals surface area contributed by atoms with Gasteiger partial charge in [0, 0.05) is 39.3 Å². The number of aliphatic hydroxyl groups is 2. The van der Waals surface area contributed by atoms with Crippen molar-refractivity contribution in [1.82, 2.24) is 20.0 Å². The van der Waals surface area contributed by atoms with Crippen molar-refractivity contribution >= 4 is 23.9 Å². The highest BCUT2D eigenvalue weighted by atomic mass is 16.4. The lowest BCUT2D eigenvalue weighted by molar-refractivity contribution is -0.165. The number of nitrogens with zero attached hydrogens (tertiary/aromatic N) is 4. The van der Waals surface area contributed by atoms with Crippen molar-refractivity contribution in [2.45, 2.75) is 62.8 Å². The largest absolute Gasteiger partial charge is 0.479 e. The highest BCUT2D eigenvalue weighted by Gasteiger charge is 2.49. The lowest BCUT2D eigenvalue weighted by Gasteiger charge is -2.33. The van der Waals surface area contributed by atoms with Gasteiger partial charge in [0.1, 0.15) is 6.04 Å². The van der Waals surface area contributed by atoms with E-state index in [0.29, 0.717) is 24.9 Å². The van der Waals surface area contributed by atoms with E-state index >= 15 is 0 Å². The third kappa shape index (κ3) is 6.83. The minimum absolute atomic E-state index is 0.0138. The second-order valence-corrected chi connectivity index (χ2v) is 9.94. The maximum atomic E-state index is 12.5. The van der Waals surface area contributed by atoms with Gasteiger partial charge in [-0.05, 0) is 43.9 Å². The van der Waals surface area contributed by atoms with Crippen LogP contribution in [0.1, 0.15) is 39.0 Å². The van der Waals surface area contributed by atoms with Crippen molar-refractivity contribution in [3.63, 3.8) is 0 Å². The number of urea groups is 1. The fourth-order valence-electron chi connectivity index (χ4n) is 5.32. The van der Waals surface area contributed by atoms with Gasteiger partial charge in [-0.2, -0.15) is 5.26 Å². The number of hydrogen-bond donors (Lipinski definition) is 5. The van der Waals surface area contributed by atoms with Gasteiger partial charge in [0.2, 0.25) is 5.91 Å². The third-order valence-electron chi connectivity index (χ3n) is 7.35. The summed E-state index contributed by atoms with van der Waals surface area (Å²) < 4.78 is 0. The first-order valence-corrected chi connectivity index (χ1v) is 12.1. The van der Waals surface area contributed by atoms with Gasteiger partial charge < -0.3 is 40.4 Å². The zero-order valence-corrected chi connectivity index (χ0v) is 21.0. The van der Waals surface area contributed by atoms with Crippen LogP contribution in [0.15, 0.2) is 0 Å². The van der Waals surface area contributed by atoms with Crippen LogP contribution in [0, 0.1) is 23.2 Å². The molecule has 0 aromatic heterocycles. The van der Waals surface area contributed by atoms with Crippen molar-refractivity contribution < 1.29 is 39.6 Å². The van der Waals surface area contributed by atoms with Crippen molar-refractivity contribution in [1.29, 1.82) is 5.26 Å². The van der Waals surface area contributed by atoms with E-state index in [4.69, 9.17) is 20.4 Å². The van der Waals surface area contributed by atoms with Gasteiger partial charge >= 0.3 is 18.0 Å². The van der Waals surface area contributed by atoms with Gasteiger partial charge in [-0.3, -0.25) is 4.79 Å². The molecule has 3 aliphatic rings. The molecule has 3 amide bonds. The molecular weight excluding hydrogens is 474 g/mol. The van der Waals surface area contributed by atoms with Gasteiger partial charge in [-0.1, -0.05) is 6.92 Å². The summed E-state index contributed by atoms with van der Waals surface area (Å²) in [5.74, 6) is -2.46. The second-order valence-electron chi connectivity index (χ2n) is 9.94. The molecule has 1 aliphatic carbocycles. The number of nitriles is 1. The number of fused-ring (bicyclic) bond motifs is 1. The molecule has 0 spiro atoms. The zero-order chi connectivity index (χ0) is 27.2. The van der Waals surface area contributed by atoms with Crippen LogP contribution in [0.25, 0.3) is 0 Å². The smallest absolute Gasteiger partial charge is 0.335 e. The summed E-state index contributed by atoms with van der Waals surface area (Å²) in [6.07, 6.45) is 0.191.